The highest BCUT2D eigenvalue weighted by molar-refractivity contribution is 6.21. The Hall–Kier alpha value is -2.83. The van der Waals surface area contributed by atoms with E-state index in [4.69, 9.17) is 0 Å². The molecule has 1 N–H and O–H groups in total. The predicted octanol–water partition coefficient (Wildman–Crippen LogP) is 1.18. The van der Waals surface area contributed by atoms with Crippen molar-refractivity contribution in [2.24, 2.45) is 23.7 Å². The van der Waals surface area contributed by atoms with Gasteiger partial charge in [-0.2, -0.15) is 4.98 Å². The number of nitrogens with zero attached hydrogens (tertiary/aromatic N) is 4. The molecule has 2 fully saturated rings. The number of carbonyl (C=O) groups is 2. The van der Waals surface area contributed by atoms with E-state index in [1.54, 1.807) is 18.5 Å². The van der Waals surface area contributed by atoms with Crippen LogP contribution in [-0.2, 0) is 9.59 Å². The van der Waals surface area contributed by atoms with Gasteiger partial charge in [0.25, 0.3) is 5.95 Å². The standard InChI is InChI=1S/C16H13N5O2/c22-14-11-8-3-4-9(6-8)12(11)15(23)21(14)16-18-13(19-20-16)10-2-1-5-17-7-10/h1-5,7-9,11-12H,6H2,(H,18,19,20)/t8-,9-,11+,12+/m1/s1. The van der Waals surface area contributed by atoms with Gasteiger partial charge in [0.2, 0.25) is 11.8 Å². The molecule has 4 atom stereocenters. The van der Waals surface area contributed by atoms with Crippen molar-refractivity contribution in [1.29, 1.82) is 0 Å². The van der Waals surface area contributed by atoms with Gasteiger partial charge < -0.3 is 0 Å². The molecule has 1 saturated carbocycles. The summed E-state index contributed by atoms with van der Waals surface area (Å²) in [6.07, 6.45) is 8.36. The number of pyridine rings is 1. The average Bonchev–Trinajstić information content (AvgIpc) is 3.33. The number of rotatable bonds is 2. The molecule has 2 aromatic rings. The number of allylic oxidation sites excluding steroid dienone is 2. The Bertz CT molecular complexity index is 813. The normalized spacial score (nSPS) is 31.2. The summed E-state index contributed by atoms with van der Waals surface area (Å²) in [4.78, 5) is 34.9. The Labute approximate surface area is 131 Å². The predicted molar refractivity (Wildman–Crippen MR) is 79.8 cm³/mol. The first kappa shape index (κ1) is 12.7. The highest BCUT2D eigenvalue weighted by Crippen LogP contribution is 2.52. The monoisotopic (exact) mass is 307 g/mol. The maximum absolute atomic E-state index is 12.7. The lowest BCUT2D eigenvalue weighted by Gasteiger charge is -2.14. The van der Waals surface area contributed by atoms with E-state index in [1.807, 2.05) is 6.07 Å². The second-order valence-electron chi connectivity index (χ2n) is 6.24. The zero-order valence-electron chi connectivity index (χ0n) is 12.1. The van der Waals surface area contributed by atoms with Gasteiger partial charge in [0, 0.05) is 18.0 Å². The van der Waals surface area contributed by atoms with Gasteiger partial charge in [0.15, 0.2) is 5.82 Å². The van der Waals surface area contributed by atoms with Crippen LogP contribution < -0.4 is 4.90 Å². The van der Waals surface area contributed by atoms with E-state index in [2.05, 4.69) is 32.3 Å². The van der Waals surface area contributed by atoms with Crippen LogP contribution in [0.15, 0.2) is 36.7 Å². The molecule has 3 aliphatic rings. The molecular weight excluding hydrogens is 294 g/mol. The first-order valence-corrected chi connectivity index (χ1v) is 7.63. The van der Waals surface area contributed by atoms with Crippen LogP contribution in [0.5, 0.6) is 0 Å². The molecule has 7 heteroatoms. The summed E-state index contributed by atoms with van der Waals surface area (Å²) < 4.78 is 0. The minimum absolute atomic E-state index is 0.132. The zero-order chi connectivity index (χ0) is 15.6. The number of hydrogen-bond acceptors (Lipinski definition) is 5. The number of amides is 2. The van der Waals surface area contributed by atoms with Crippen LogP contribution in [0, 0.1) is 23.7 Å². The fourth-order valence-electron chi connectivity index (χ4n) is 4.08. The van der Waals surface area contributed by atoms with Crippen molar-refractivity contribution in [1.82, 2.24) is 20.2 Å². The minimum atomic E-state index is -0.238. The van der Waals surface area contributed by atoms with E-state index < -0.39 is 0 Å². The van der Waals surface area contributed by atoms with Crippen molar-refractivity contribution in [3.63, 3.8) is 0 Å². The lowest BCUT2D eigenvalue weighted by Crippen LogP contribution is -2.33. The van der Waals surface area contributed by atoms with Gasteiger partial charge in [-0.25, -0.2) is 4.90 Å². The van der Waals surface area contributed by atoms with Crippen LogP contribution in [-0.4, -0.2) is 32.0 Å². The fraction of sp³-hybridized carbons (Fsp3) is 0.312. The summed E-state index contributed by atoms with van der Waals surface area (Å²) in [6, 6.07) is 3.63. The average molecular weight is 307 g/mol. The second-order valence-corrected chi connectivity index (χ2v) is 6.24. The number of fused-ring (bicyclic) bond motifs is 5. The number of nitrogens with one attached hydrogen (secondary N) is 1. The van der Waals surface area contributed by atoms with Crippen molar-refractivity contribution >= 4 is 17.8 Å². The van der Waals surface area contributed by atoms with Crippen molar-refractivity contribution in [3.05, 3.63) is 36.7 Å². The first-order chi connectivity index (χ1) is 11.2. The molecule has 7 nitrogen and oxygen atoms in total. The SMILES string of the molecule is O=C1[C@@H]2[C@@H](C(=O)N1c1n[nH]c(-c3cccnc3)n1)[C@@H]1C=C[C@@H]2C1. The molecule has 114 valence electrons. The molecular formula is C16H13N5O2. The molecule has 2 amide bonds. The van der Waals surface area contributed by atoms with Crippen LogP contribution in [0.2, 0.25) is 0 Å². The van der Waals surface area contributed by atoms with Gasteiger partial charge in [-0.3, -0.25) is 19.7 Å². The second kappa shape index (κ2) is 4.34. The Morgan fingerprint density at radius 2 is 1.87 bits per heavy atom. The van der Waals surface area contributed by atoms with Crippen LogP contribution in [0.3, 0.4) is 0 Å². The van der Waals surface area contributed by atoms with Crippen LogP contribution in [0.4, 0.5) is 5.95 Å². The Morgan fingerprint density at radius 3 is 2.52 bits per heavy atom. The van der Waals surface area contributed by atoms with E-state index in [9.17, 15) is 9.59 Å². The minimum Gasteiger partial charge on any atom is -0.274 e. The van der Waals surface area contributed by atoms with Crippen molar-refractivity contribution in [2.75, 3.05) is 4.90 Å². The van der Waals surface area contributed by atoms with Gasteiger partial charge in [0.05, 0.1) is 11.8 Å². The lowest BCUT2D eigenvalue weighted by atomic mass is 9.85. The molecule has 0 unspecified atom stereocenters. The van der Waals surface area contributed by atoms with Gasteiger partial charge in [-0.15, -0.1) is 5.10 Å². The molecule has 2 aliphatic carbocycles. The number of aromatic nitrogens is 4. The van der Waals surface area contributed by atoms with Crippen LogP contribution >= 0.6 is 0 Å². The molecule has 0 aromatic carbocycles. The van der Waals surface area contributed by atoms with Gasteiger partial charge in [0.1, 0.15) is 0 Å². The Balaban J connectivity index is 1.51. The van der Waals surface area contributed by atoms with Crippen LogP contribution in [0.25, 0.3) is 11.4 Å². The van der Waals surface area contributed by atoms with E-state index in [0.29, 0.717) is 5.82 Å². The van der Waals surface area contributed by atoms with E-state index in [-0.39, 0.29) is 41.4 Å². The lowest BCUT2D eigenvalue weighted by molar-refractivity contribution is -0.123. The third-order valence-corrected chi connectivity index (χ3v) is 5.08. The van der Waals surface area contributed by atoms with Gasteiger partial charge >= 0.3 is 0 Å². The first-order valence-electron chi connectivity index (χ1n) is 7.63. The topological polar surface area (TPSA) is 91.8 Å². The highest BCUT2D eigenvalue weighted by Gasteiger charge is 2.60. The third kappa shape index (κ3) is 1.61. The molecule has 3 heterocycles. The summed E-state index contributed by atoms with van der Waals surface area (Å²) in [5, 5.41) is 6.85. The third-order valence-electron chi connectivity index (χ3n) is 5.08. The largest absolute Gasteiger partial charge is 0.274 e. The van der Waals surface area contributed by atoms with Crippen molar-refractivity contribution < 1.29 is 9.59 Å². The molecule has 2 bridgehead atoms. The van der Waals surface area contributed by atoms with Gasteiger partial charge in [-0.1, -0.05) is 12.2 Å². The van der Waals surface area contributed by atoms with Crippen molar-refractivity contribution in [3.8, 4) is 11.4 Å². The van der Waals surface area contributed by atoms with E-state index in [0.717, 1.165) is 16.9 Å². The molecule has 0 radical (unpaired) electrons. The van der Waals surface area contributed by atoms with Gasteiger partial charge in [-0.05, 0) is 30.4 Å². The quantitative estimate of drug-likeness (QED) is 0.664. The van der Waals surface area contributed by atoms with E-state index in [1.165, 1.54) is 0 Å². The summed E-state index contributed by atoms with van der Waals surface area (Å²) >= 11 is 0. The molecule has 5 rings (SSSR count). The van der Waals surface area contributed by atoms with Crippen LogP contribution in [0.1, 0.15) is 6.42 Å². The number of imide groups is 1. The summed E-state index contributed by atoms with van der Waals surface area (Å²) in [5.41, 5.74) is 0.757. The molecule has 1 saturated heterocycles. The smallest absolute Gasteiger partial charge is 0.258 e. The number of anilines is 1. The maximum atomic E-state index is 12.7. The molecule has 23 heavy (non-hydrogen) atoms. The number of carbonyl (C=O) groups excluding carboxylic acids is 2. The number of H-pyrrole nitrogens is 1. The summed E-state index contributed by atoms with van der Waals surface area (Å²) in [6.45, 7) is 0. The maximum Gasteiger partial charge on any atom is 0.258 e. The highest BCUT2D eigenvalue weighted by atomic mass is 16.2. The molecule has 1 aliphatic heterocycles. The summed E-state index contributed by atoms with van der Waals surface area (Å²) in [7, 11) is 0. The molecule has 0 spiro atoms. The zero-order valence-corrected chi connectivity index (χ0v) is 12.1. The summed E-state index contributed by atoms with van der Waals surface area (Å²) in [5.74, 6) is 0.170. The number of hydrogen-bond donors (Lipinski definition) is 1. The Morgan fingerprint density at radius 1 is 1.13 bits per heavy atom. The van der Waals surface area contributed by atoms with E-state index >= 15 is 0 Å². The fourth-order valence-corrected chi connectivity index (χ4v) is 4.08. The van der Waals surface area contributed by atoms with Crippen molar-refractivity contribution in [2.45, 2.75) is 6.42 Å². The molecule has 2 aromatic heterocycles. The number of aromatic amines is 1. The Kier molecular flexibility index (Phi) is 2.40.